The molecule has 2 heterocycles. The van der Waals surface area contributed by atoms with Crippen molar-refractivity contribution in [2.24, 2.45) is 5.92 Å². The number of hydrogen-bond donors (Lipinski definition) is 1. The summed E-state index contributed by atoms with van der Waals surface area (Å²) >= 11 is 0. The van der Waals surface area contributed by atoms with Crippen LogP contribution in [0.15, 0.2) is 41.6 Å². The molecule has 2 aromatic rings. The molecule has 1 N–H and O–H groups in total. The third-order valence-corrected chi connectivity index (χ3v) is 5.68. The fourth-order valence-electron chi connectivity index (χ4n) is 2.60. The van der Waals surface area contributed by atoms with E-state index in [9.17, 15) is 13.2 Å². The van der Waals surface area contributed by atoms with Crippen molar-refractivity contribution < 1.29 is 18.3 Å². The molecule has 1 saturated heterocycles. The van der Waals surface area contributed by atoms with Crippen LogP contribution in [0.2, 0.25) is 0 Å². The second-order valence-electron chi connectivity index (χ2n) is 5.04. The highest BCUT2D eigenvalue weighted by molar-refractivity contribution is 7.89. The summed E-state index contributed by atoms with van der Waals surface area (Å²) in [7, 11) is -3.69. The topological polar surface area (TPSA) is 87.6 Å². The molecule has 1 aromatic carbocycles. The number of carboxylic acid groups (broad SMARTS) is 1. The van der Waals surface area contributed by atoms with Gasteiger partial charge in [0.15, 0.2) is 0 Å². The summed E-state index contributed by atoms with van der Waals surface area (Å²) in [5, 5.41) is 10.4. The first-order valence-electron chi connectivity index (χ1n) is 6.56. The Labute approximate surface area is 122 Å². The molecule has 3 rings (SSSR count). The zero-order chi connectivity index (χ0) is 15.0. The molecule has 110 valence electrons. The van der Waals surface area contributed by atoms with Gasteiger partial charge < -0.3 is 5.11 Å². The molecular formula is C14H14N2O4S. The van der Waals surface area contributed by atoms with Crippen LogP contribution in [0.1, 0.15) is 6.42 Å². The van der Waals surface area contributed by atoms with Crippen molar-refractivity contribution in [3.8, 4) is 0 Å². The maximum atomic E-state index is 12.7. The van der Waals surface area contributed by atoms with Crippen molar-refractivity contribution in [2.45, 2.75) is 11.3 Å². The Morgan fingerprint density at radius 1 is 1.33 bits per heavy atom. The minimum absolute atomic E-state index is 0.0269. The molecule has 1 aliphatic rings. The monoisotopic (exact) mass is 306 g/mol. The Kier molecular flexibility index (Phi) is 3.38. The number of pyridine rings is 1. The van der Waals surface area contributed by atoms with Crippen LogP contribution in [-0.4, -0.2) is 41.9 Å². The highest BCUT2D eigenvalue weighted by Crippen LogP contribution is 2.29. The summed E-state index contributed by atoms with van der Waals surface area (Å²) in [6.07, 6.45) is 3.50. The van der Waals surface area contributed by atoms with E-state index in [1.54, 1.807) is 36.7 Å². The van der Waals surface area contributed by atoms with Crippen molar-refractivity contribution in [1.29, 1.82) is 0 Å². The van der Waals surface area contributed by atoms with Crippen molar-refractivity contribution in [3.05, 3.63) is 36.7 Å². The maximum absolute atomic E-state index is 12.7. The Bertz CT molecular complexity index is 798. The molecule has 0 spiro atoms. The van der Waals surface area contributed by atoms with Crippen LogP contribution in [0.3, 0.4) is 0 Å². The predicted octanol–water partition coefficient (Wildman–Crippen LogP) is 1.33. The number of nitrogens with zero attached hydrogens (tertiary/aromatic N) is 2. The van der Waals surface area contributed by atoms with Gasteiger partial charge in [-0.1, -0.05) is 12.1 Å². The van der Waals surface area contributed by atoms with E-state index in [0.717, 1.165) is 5.39 Å². The second-order valence-corrected chi connectivity index (χ2v) is 6.95. The number of benzene rings is 1. The molecule has 7 heteroatoms. The number of sulfonamides is 1. The Balaban J connectivity index is 2.04. The summed E-state index contributed by atoms with van der Waals surface area (Å²) in [5.74, 6) is -1.58. The van der Waals surface area contributed by atoms with Crippen molar-refractivity contribution >= 4 is 26.8 Å². The average molecular weight is 306 g/mol. The van der Waals surface area contributed by atoms with E-state index in [4.69, 9.17) is 5.11 Å². The Morgan fingerprint density at radius 3 is 2.86 bits per heavy atom. The number of rotatable bonds is 3. The van der Waals surface area contributed by atoms with Gasteiger partial charge >= 0.3 is 5.97 Å². The van der Waals surface area contributed by atoms with Crippen molar-refractivity contribution in [2.75, 3.05) is 13.1 Å². The lowest BCUT2D eigenvalue weighted by Crippen LogP contribution is -2.30. The van der Waals surface area contributed by atoms with E-state index in [1.807, 2.05) is 0 Å². The van der Waals surface area contributed by atoms with Gasteiger partial charge in [0.25, 0.3) is 0 Å². The van der Waals surface area contributed by atoms with Gasteiger partial charge in [-0.15, -0.1) is 0 Å². The zero-order valence-electron chi connectivity index (χ0n) is 11.1. The highest BCUT2D eigenvalue weighted by Gasteiger charge is 2.36. The number of carbonyl (C=O) groups is 1. The molecule has 0 bridgehead atoms. The van der Waals surface area contributed by atoms with Crippen LogP contribution < -0.4 is 0 Å². The summed E-state index contributed by atoms with van der Waals surface area (Å²) < 4.78 is 26.7. The lowest BCUT2D eigenvalue weighted by atomic mass is 10.1. The smallest absolute Gasteiger partial charge is 0.307 e. The summed E-state index contributed by atoms with van der Waals surface area (Å²) in [4.78, 5) is 15.2. The van der Waals surface area contributed by atoms with Crippen LogP contribution in [0.5, 0.6) is 0 Å². The average Bonchev–Trinajstić information content (AvgIpc) is 2.97. The van der Waals surface area contributed by atoms with Gasteiger partial charge in [-0.05, 0) is 18.6 Å². The molecule has 0 radical (unpaired) electrons. The van der Waals surface area contributed by atoms with E-state index in [-0.39, 0.29) is 18.0 Å². The normalized spacial score (nSPS) is 19.9. The van der Waals surface area contributed by atoms with Gasteiger partial charge in [0.2, 0.25) is 10.0 Å². The van der Waals surface area contributed by atoms with Crippen LogP contribution in [0, 0.1) is 5.92 Å². The Hall–Kier alpha value is -1.99. The molecule has 21 heavy (non-hydrogen) atoms. The molecule has 1 aliphatic heterocycles. The molecule has 0 amide bonds. The molecule has 6 nitrogen and oxygen atoms in total. The number of carboxylic acids is 1. The molecular weight excluding hydrogens is 292 g/mol. The largest absolute Gasteiger partial charge is 0.481 e. The third-order valence-electron chi connectivity index (χ3n) is 3.76. The van der Waals surface area contributed by atoms with E-state index >= 15 is 0 Å². The number of hydrogen-bond acceptors (Lipinski definition) is 4. The van der Waals surface area contributed by atoms with Gasteiger partial charge in [-0.2, -0.15) is 4.31 Å². The van der Waals surface area contributed by atoms with Crippen LogP contribution in [-0.2, 0) is 14.8 Å². The predicted molar refractivity (Wildman–Crippen MR) is 76.2 cm³/mol. The summed E-state index contributed by atoms with van der Waals surface area (Å²) in [6, 6.07) is 6.67. The molecule has 0 saturated carbocycles. The van der Waals surface area contributed by atoms with E-state index < -0.39 is 21.9 Å². The van der Waals surface area contributed by atoms with Crippen LogP contribution >= 0.6 is 0 Å². The summed E-state index contributed by atoms with van der Waals surface area (Å²) in [5.41, 5.74) is 0. The Morgan fingerprint density at radius 2 is 2.14 bits per heavy atom. The molecule has 1 atom stereocenters. The fourth-order valence-corrected chi connectivity index (χ4v) is 4.32. The lowest BCUT2D eigenvalue weighted by molar-refractivity contribution is -0.141. The van der Waals surface area contributed by atoms with Gasteiger partial charge in [-0.3, -0.25) is 9.78 Å². The quantitative estimate of drug-likeness (QED) is 0.924. The van der Waals surface area contributed by atoms with E-state index in [1.165, 1.54) is 4.31 Å². The first kappa shape index (κ1) is 14.0. The van der Waals surface area contributed by atoms with Gasteiger partial charge in [0.05, 0.1) is 10.8 Å². The maximum Gasteiger partial charge on any atom is 0.307 e. The SMILES string of the molecule is O=C(O)[C@@H]1CCN(S(=O)(=O)c2cccc3cnccc23)C1. The minimum atomic E-state index is -3.69. The number of fused-ring (bicyclic) bond motifs is 1. The first-order valence-corrected chi connectivity index (χ1v) is 8.00. The van der Waals surface area contributed by atoms with Crippen molar-refractivity contribution in [1.82, 2.24) is 9.29 Å². The van der Waals surface area contributed by atoms with Gasteiger partial charge in [0.1, 0.15) is 0 Å². The zero-order valence-corrected chi connectivity index (χ0v) is 12.0. The van der Waals surface area contributed by atoms with E-state index in [0.29, 0.717) is 11.8 Å². The standard InChI is InChI=1S/C14H14N2O4S/c17-14(18)11-5-7-16(9-11)21(19,20)13-3-1-2-10-8-15-6-4-12(10)13/h1-4,6,8,11H,5,7,9H2,(H,17,18)/t11-/m1/s1. The molecule has 0 unspecified atom stereocenters. The van der Waals surface area contributed by atoms with E-state index in [2.05, 4.69) is 4.98 Å². The molecule has 1 aromatic heterocycles. The lowest BCUT2D eigenvalue weighted by Gasteiger charge is -2.17. The van der Waals surface area contributed by atoms with Crippen molar-refractivity contribution in [3.63, 3.8) is 0 Å². The summed E-state index contributed by atoms with van der Waals surface area (Å²) in [6.45, 7) is 0.264. The number of aliphatic carboxylic acids is 1. The van der Waals surface area contributed by atoms with Crippen LogP contribution in [0.4, 0.5) is 0 Å². The first-order chi connectivity index (χ1) is 10.00. The molecule has 0 aliphatic carbocycles. The second kappa shape index (κ2) is 5.09. The molecule has 1 fully saturated rings. The minimum Gasteiger partial charge on any atom is -0.481 e. The highest BCUT2D eigenvalue weighted by atomic mass is 32.2. The van der Waals surface area contributed by atoms with Gasteiger partial charge in [-0.25, -0.2) is 8.42 Å². The fraction of sp³-hybridized carbons (Fsp3) is 0.286. The third kappa shape index (κ3) is 2.38. The van der Waals surface area contributed by atoms with Crippen LogP contribution in [0.25, 0.3) is 10.8 Å². The van der Waals surface area contributed by atoms with Gasteiger partial charge in [0, 0.05) is 36.3 Å². The number of aromatic nitrogens is 1.